The van der Waals surface area contributed by atoms with Crippen LogP contribution in [0, 0.1) is 11.8 Å². The van der Waals surface area contributed by atoms with Crippen molar-refractivity contribution < 1.29 is 4.79 Å². The third-order valence-electron chi connectivity index (χ3n) is 4.89. The monoisotopic (exact) mass is 300 g/mol. The number of carbonyl (C=O) groups excluding carboxylic acids is 1. The van der Waals surface area contributed by atoms with Crippen LogP contribution in [0.4, 0.5) is 0 Å². The van der Waals surface area contributed by atoms with E-state index in [0.29, 0.717) is 23.7 Å². The molecular formula is C17H20N2OS. The molecule has 1 amide bonds. The molecule has 0 N–H and O–H groups in total. The van der Waals surface area contributed by atoms with Crippen LogP contribution in [0.15, 0.2) is 24.3 Å². The summed E-state index contributed by atoms with van der Waals surface area (Å²) < 4.78 is 1.28. The van der Waals surface area contributed by atoms with Crippen LogP contribution in [0.25, 0.3) is 10.2 Å². The Kier molecular flexibility index (Phi) is 3.21. The molecule has 2 heterocycles. The Balaban J connectivity index is 1.43. The Morgan fingerprint density at radius 1 is 1.29 bits per heavy atom. The zero-order chi connectivity index (χ0) is 14.4. The average Bonchev–Trinajstić information content (AvgIpc) is 3.09. The molecule has 4 heteroatoms. The van der Waals surface area contributed by atoms with Gasteiger partial charge in [0.15, 0.2) is 0 Å². The molecule has 3 nitrogen and oxygen atoms in total. The smallest absolute Gasteiger partial charge is 0.225 e. The molecule has 2 aliphatic rings. The maximum Gasteiger partial charge on any atom is 0.225 e. The molecule has 1 aliphatic carbocycles. The standard InChI is InChI=1S/C17H20N2OS/c1-11-10-13(11)17(20)19-8-6-12(7-9-19)16-18-14-4-2-3-5-15(14)21-16/h2-5,11-13H,6-10H2,1H3/t11-,13+/m1/s1. The highest BCUT2D eigenvalue weighted by Gasteiger charge is 2.42. The minimum absolute atomic E-state index is 0.323. The third kappa shape index (κ3) is 2.46. The molecule has 1 aromatic heterocycles. The van der Waals surface area contributed by atoms with E-state index in [4.69, 9.17) is 4.98 Å². The van der Waals surface area contributed by atoms with E-state index >= 15 is 0 Å². The fourth-order valence-electron chi connectivity index (χ4n) is 3.31. The predicted octanol–water partition coefficient (Wildman–Crippen LogP) is 3.66. The Labute approximate surface area is 129 Å². The first kappa shape index (κ1) is 13.3. The number of benzene rings is 1. The number of aromatic nitrogens is 1. The highest BCUT2D eigenvalue weighted by atomic mass is 32.1. The van der Waals surface area contributed by atoms with E-state index in [-0.39, 0.29) is 0 Å². The maximum absolute atomic E-state index is 12.3. The molecule has 1 saturated heterocycles. The lowest BCUT2D eigenvalue weighted by molar-refractivity contribution is -0.133. The Morgan fingerprint density at radius 2 is 2.00 bits per heavy atom. The van der Waals surface area contributed by atoms with Gasteiger partial charge in [-0.1, -0.05) is 19.1 Å². The average molecular weight is 300 g/mol. The summed E-state index contributed by atoms with van der Waals surface area (Å²) in [6.07, 6.45) is 3.22. The van der Waals surface area contributed by atoms with Gasteiger partial charge in [0.05, 0.1) is 15.2 Å². The Bertz CT molecular complexity index is 639. The Morgan fingerprint density at radius 3 is 2.67 bits per heavy atom. The van der Waals surface area contributed by atoms with Crippen molar-refractivity contribution in [1.82, 2.24) is 9.88 Å². The van der Waals surface area contributed by atoms with Gasteiger partial charge < -0.3 is 4.90 Å². The summed E-state index contributed by atoms with van der Waals surface area (Å²) in [4.78, 5) is 19.1. The van der Waals surface area contributed by atoms with Crippen LogP contribution in [-0.4, -0.2) is 28.9 Å². The maximum atomic E-state index is 12.3. The predicted molar refractivity (Wildman–Crippen MR) is 85.4 cm³/mol. The second-order valence-corrected chi connectivity index (χ2v) is 7.50. The van der Waals surface area contributed by atoms with Crippen LogP contribution in [0.1, 0.15) is 37.1 Å². The van der Waals surface area contributed by atoms with Gasteiger partial charge >= 0.3 is 0 Å². The van der Waals surface area contributed by atoms with Crippen molar-refractivity contribution >= 4 is 27.5 Å². The Hall–Kier alpha value is -1.42. The molecule has 110 valence electrons. The van der Waals surface area contributed by atoms with E-state index in [1.807, 2.05) is 17.4 Å². The molecule has 2 atom stereocenters. The number of hydrogen-bond donors (Lipinski definition) is 0. The summed E-state index contributed by atoms with van der Waals surface area (Å²) in [7, 11) is 0. The molecular weight excluding hydrogens is 280 g/mol. The third-order valence-corrected chi connectivity index (χ3v) is 6.09. The van der Waals surface area contributed by atoms with Gasteiger partial charge in [0.2, 0.25) is 5.91 Å². The lowest BCUT2D eigenvalue weighted by Crippen LogP contribution is -2.39. The number of carbonyl (C=O) groups is 1. The second-order valence-electron chi connectivity index (χ2n) is 6.44. The largest absolute Gasteiger partial charge is 0.342 e. The molecule has 0 radical (unpaired) electrons. The molecule has 2 fully saturated rings. The summed E-state index contributed by atoms with van der Waals surface area (Å²) in [5.74, 6) is 1.86. The van der Waals surface area contributed by atoms with Crippen LogP contribution < -0.4 is 0 Å². The highest BCUT2D eigenvalue weighted by molar-refractivity contribution is 7.18. The van der Waals surface area contributed by atoms with Gasteiger partial charge in [-0.15, -0.1) is 11.3 Å². The van der Waals surface area contributed by atoms with Crippen molar-refractivity contribution in [3.63, 3.8) is 0 Å². The summed E-state index contributed by atoms with van der Waals surface area (Å²) in [6.45, 7) is 3.99. The number of amides is 1. The number of para-hydroxylation sites is 1. The van der Waals surface area contributed by atoms with Crippen molar-refractivity contribution in [3.05, 3.63) is 29.3 Å². The summed E-state index contributed by atoms with van der Waals surface area (Å²) in [6, 6.07) is 8.35. The molecule has 1 saturated carbocycles. The number of fused-ring (bicyclic) bond motifs is 1. The van der Waals surface area contributed by atoms with Crippen molar-refractivity contribution in [3.8, 4) is 0 Å². The van der Waals surface area contributed by atoms with Crippen LogP contribution >= 0.6 is 11.3 Å². The number of piperidine rings is 1. The SMILES string of the molecule is C[C@@H]1C[C@@H]1C(=O)N1CCC(c2nc3ccccc3s2)CC1. The van der Waals surface area contributed by atoms with E-state index in [0.717, 1.165) is 37.9 Å². The molecule has 1 aliphatic heterocycles. The first-order chi connectivity index (χ1) is 10.2. The highest BCUT2D eigenvalue weighted by Crippen LogP contribution is 2.41. The molecule has 4 rings (SSSR count). The minimum Gasteiger partial charge on any atom is -0.342 e. The van der Waals surface area contributed by atoms with E-state index in [2.05, 4.69) is 30.0 Å². The number of rotatable bonds is 2. The van der Waals surface area contributed by atoms with Crippen LogP contribution in [0.5, 0.6) is 0 Å². The van der Waals surface area contributed by atoms with Gasteiger partial charge in [-0.3, -0.25) is 4.79 Å². The lowest BCUT2D eigenvalue weighted by atomic mass is 9.97. The fraction of sp³-hybridized carbons (Fsp3) is 0.529. The summed E-state index contributed by atoms with van der Waals surface area (Å²) in [5.41, 5.74) is 1.11. The van der Waals surface area contributed by atoms with Gasteiger partial charge in [0.1, 0.15) is 0 Å². The zero-order valence-corrected chi connectivity index (χ0v) is 13.1. The van der Waals surface area contributed by atoms with E-state index < -0.39 is 0 Å². The molecule has 2 aromatic rings. The van der Waals surface area contributed by atoms with Crippen LogP contribution in [0.3, 0.4) is 0 Å². The van der Waals surface area contributed by atoms with Gasteiger partial charge in [-0.2, -0.15) is 0 Å². The quantitative estimate of drug-likeness (QED) is 0.848. The first-order valence-electron chi connectivity index (χ1n) is 7.86. The topological polar surface area (TPSA) is 33.2 Å². The first-order valence-corrected chi connectivity index (χ1v) is 8.68. The lowest BCUT2D eigenvalue weighted by Gasteiger charge is -2.31. The van der Waals surface area contributed by atoms with Gasteiger partial charge in [0.25, 0.3) is 0 Å². The fourth-order valence-corrected chi connectivity index (χ4v) is 4.45. The van der Waals surface area contributed by atoms with Crippen molar-refractivity contribution in [2.75, 3.05) is 13.1 Å². The van der Waals surface area contributed by atoms with Gasteiger partial charge in [-0.25, -0.2) is 4.98 Å². The number of hydrogen-bond acceptors (Lipinski definition) is 3. The molecule has 21 heavy (non-hydrogen) atoms. The van der Waals surface area contributed by atoms with E-state index in [1.165, 1.54) is 9.71 Å². The number of nitrogens with zero attached hydrogens (tertiary/aromatic N) is 2. The van der Waals surface area contributed by atoms with Crippen molar-refractivity contribution in [2.45, 2.75) is 32.1 Å². The number of thiazole rings is 1. The van der Waals surface area contributed by atoms with Crippen LogP contribution in [0.2, 0.25) is 0 Å². The molecule has 0 unspecified atom stereocenters. The second kappa shape index (κ2) is 5.09. The van der Waals surface area contributed by atoms with E-state index in [9.17, 15) is 4.79 Å². The molecule has 0 spiro atoms. The van der Waals surface area contributed by atoms with Crippen LogP contribution in [-0.2, 0) is 4.79 Å². The molecule has 0 bridgehead atoms. The molecule has 1 aromatic carbocycles. The van der Waals surface area contributed by atoms with Crippen molar-refractivity contribution in [2.24, 2.45) is 11.8 Å². The van der Waals surface area contributed by atoms with Gasteiger partial charge in [0, 0.05) is 24.9 Å². The van der Waals surface area contributed by atoms with E-state index in [1.54, 1.807) is 0 Å². The summed E-state index contributed by atoms with van der Waals surface area (Å²) in [5, 5.41) is 1.25. The zero-order valence-electron chi connectivity index (χ0n) is 12.3. The van der Waals surface area contributed by atoms with Crippen molar-refractivity contribution in [1.29, 1.82) is 0 Å². The number of likely N-dealkylation sites (tertiary alicyclic amines) is 1. The minimum atomic E-state index is 0.323. The summed E-state index contributed by atoms with van der Waals surface area (Å²) >= 11 is 1.82. The van der Waals surface area contributed by atoms with Gasteiger partial charge in [-0.05, 0) is 37.3 Å². The normalized spacial score (nSPS) is 26.2.